The summed E-state index contributed by atoms with van der Waals surface area (Å²) in [4.78, 5) is 13.8. The third-order valence-corrected chi connectivity index (χ3v) is 3.91. The summed E-state index contributed by atoms with van der Waals surface area (Å²) >= 11 is 4.26. The highest BCUT2D eigenvalue weighted by Gasteiger charge is 2.36. The van der Waals surface area contributed by atoms with Gasteiger partial charge in [0, 0.05) is 19.5 Å². The highest BCUT2D eigenvalue weighted by Crippen LogP contribution is 2.34. The summed E-state index contributed by atoms with van der Waals surface area (Å²) in [6.07, 6.45) is 0.725. The van der Waals surface area contributed by atoms with Gasteiger partial charge in [0.1, 0.15) is 0 Å². The lowest BCUT2D eigenvalue weighted by atomic mass is 9.80. The summed E-state index contributed by atoms with van der Waals surface area (Å²) in [5.74, 6) is 2.18. The second-order valence-electron chi connectivity index (χ2n) is 5.85. The third kappa shape index (κ3) is 3.40. The monoisotopic (exact) mass is 229 g/mol. The molecule has 0 aromatic heterocycles. The molecule has 0 radical (unpaired) electrons. The quantitative estimate of drug-likeness (QED) is 0.737. The molecule has 1 saturated heterocycles. The van der Waals surface area contributed by atoms with E-state index in [1.807, 2.05) is 4.90 Å². The molecule has 3 heteroatoms. The van der Waals surface area contributed by atoms with Crippen LogP contribution in [0.4, 0.5) is 0 Å². The molecule has 88 valence electrons. The van der Waals surface area contributed by atoms with Gasteiger partial charge in [-0.05, 0) is 23.0 Å². The summed E-state index contributed by atoms with van der Waals surface area (Å²) in [6, 6.07) is 0. The Balaban J connectivity index is 2.53. The second-order valence-corrected chi connectivity index (χ2v) is 6.22. The molecule has 0 aromatic carbocycles. The van der Waals surface area contributed by atoms with Crippen molar-refractivity contribution in [3.8, 4) is 0 Å². The van der Waals surface area contributed by atoms with E-state index in [2.05, 4.69) is 40.3 Å². The normalized spacial score (nSPS) is 24.7. The van der Waals surface area contributed by atoms with Gasteiger partial charge in [0.25, 0.3) is 0 Å². The first kappa shape index (κ1) is 12.9. The van der Waals surface area contributed by atoms with Crippen LogP contribution in [-0.2, 0) is 4.79 Å². The fourth-order valence-electron chi connectivity index (χ4n) is 1.96. The Morgan fingerprint density at radius 2 is 2.13 bits per heavy atom. The minimum atomic E-state index is 0.245. The first-order chi connectivity index (χ1) is 6.84. The largest absolute Gasteiger partial charge is 0.342 e. The molecule has 1 rings (SSSR count). The molecule has 2 unspecified atom stereocenters. The fraction of sp³-hybridized carbons (Fsp3) is 0.917. The zero-order valence-corrected chi connectivity index (χ0v) is 11.2. The van der Waals surface area contributed by atoms with Crippen molar-refractivity contribution in [2.45, 2.75) is 34.1 Å². The van der Waals surface area contributed by atoms with E-state index in [1.54, 1.807) is 0 Å². The van der Waals surface area contributed by atoms with Crippen molar-refractivity contribution in [3.05, 3.63) is 0 Å². The van der Waals surface area contributed by atoms with Crippen molar-refractivity contribution in [1.29, 1.82) is 0 Å². The van der Waals surface area contributed by atoms with Crippen LogP contribution in [0.1, 0.15) is 34.1 Å². The van der Waals surface area contributed by atoms with Gasteiger partial charge in [0.15, 0.2) is 0 Å². The number of thiol groups is 1. The Morgan fingerprint density at radius 3 is 2.53 bits per heavy atom. The van der Waals surface area contributed by atoms with E-state index < -0.39 is 0 Å². The Bertz CT molecular complexity index is 234. The summed E-state index contributed by atoms with van der Waals surface area (Å²) in [7, 11) is 0. The van der Waals surface area contributed by atoms with Crippen LogP contribution in [0.25, 0.3) is 0 Å². The molecular weight excluding hydrogens is 206 g/mol. The van der Waals surface area contributed by atoms with Crippen LogP contribution in [0, 0.1) is 17.3 Å². The van der Waals surface area contributed by atoms with Crippen molar-refractivity contribution in [3.63, 3.8) is 0 Å². The number of amides is 1. The maximum Gasteiger partial charge on any atom is 0.222 e. The van der Waals surface area contributed by atoms with Gasteiger partial charge in [-0.25, -0.2) is 0 Å². The average Bonchev–Trinajstić information content (AvgIpc) is 2.47. The lowest BCUT2D eigenvalue weighted by molar-refractivity contribution is -0.128. The summed E-state index contributed by atoms with van der Waals surface area (Å²) in [5, 5.41) is 0. The Kier molecular flexibility index (Phi) is 4.10. The van der Waals surface area contributed by atoms with Gasteiger partial charge in [-0.3, -0.25) is 4.79 Å². The first-order valence-corrected chi connectivity index (χ1v) is 6.36. The molecule has 15 heavy (non-hydrogen) atoms. The number of nitrogens with zero attached hydrogens (tertiary/aromatic N) is 1. The molecule has 1 amide bonds. The first-order valence-electron chi connectivity index (χ1n) is 5.73. The van der Waals surface area contributed by atoms with E-state index in [4.69, 9.17) is 0 Å². The standard InChI is InChI=1S/C12H23NOS/c1-9(8-15)6-13-7-10(5-11(13)14)12(2,3)4/h9-10,15H,5-8H2,1-4H3. The molecule has 0 aliphatic carbocycles. The molecule has 0 bridgehead atoms. The van der Waals surface area contributed by atoms with Crippen molar-refractivity contribution in [2.24, 2.45) is 17.3 Å². The van der Waals surface area contributed by atoms with E-state index >= 15 is 0 Å². The minimum absolute atomic E-state index is 0.245. The molecule has 1 aliphatic heterocycles. The smallest absolute Gasteiger partial charge is 0.222 e. The average molecular weight is 229 g/mol. The predicted octanol–water partition coefficient (Wildman–Crippen LogP) is 2.45. The summed E-state index contributed by atoms with van der Waals surface area (Å²) in [6.45, 7) is 10.6. The topological polar surface area (TPSA) is 20.3 Å². The van der Waals surface area contributed by atoms with E-state index in [-0.39, 0.29) is 5.41 Å². The van der Waals surface area contributed by atoms with Gasteiger partial charge in [-0.2, -0.15) is 12.6 Å². The van der Waals surface area contributed by atoms with Crippen LogP contribution >= 0.6 is 12.6 Å². The zero-order valence-electron chi connectivity index (χ0n) is 10.3. The maximum absolute atomic E-state index is 11.8. The van der Waals surface area contributed by atoms with E-state index in [9.17, 15) is 4.79 Å². The molecule has 0 spiro atoms. The van der Waals surface area contributed by atoms with Crippen LogP contribution in [0.2, 0.25) is 0 Å². The predicted molar refractivity (Wildman–Crippen MR) is 67.2 cm³/mol. The van der Waals surface area contributed by atoms with Gasteiger partial charge in [0.05, 0.1) is 0 Å². The van der Waals surface area contributed by atoms with Crippen LogP contribution < -0.4 is 0 Å². The third-order valence-electron chi connectivity index (χ3n) is 3.28. The van der Waals surface area contributed by atoms with Gasteiger partial charge >= 0.3 is 0 Å². The maximum atomic E-state index is 11.8. The highest BCUT2D eigenvalue weighted by molar-refractivity contribution is 7.80. The van der Waals surface area contributed by atoms with E-state index in [1.165, 1.54) is 0 Å². The van der Waals surface area contributed by atoms with E-state index in [0.29, 0.717) is 17.7 Å². The summed E-state index contributed by atoms with van der Waals surface area (Å²) < 4.78 is 0. The van der Waals surface area contributed by atoms with Crippen LogP contribution in [-0.4, -0.2) is 29.6 Å². The van der Waals surface area contributed by atoms with Crippen molar-refractivity contribution in [2.75, 3.05) is 18.8 Å². The molecule has 1 fully saturated rings. The number of carbonyl (C=O) groups excluding carboxylic acids is 1. The van der Waals surface area contributed by atoms with Crippen LogP contribution in [0.15, 0.2) is 0 Å². The Morgan fingerprint density at radius 1 is 1.53 bits per heavy atom. The van der Waals surface area contributed by atoms with Crippen molar-refractivity contribution < 1.29 is 4.79 Å². The van der Waals surface area contributed by atoms with E-state index in [0.717, 1.165) is 25.3 Å². The lowest BCUT2D eigenvalue weighted by Gasteiger charge is -2.27. The zero-order chi connectivity index (χ0) is 11.6. The molecule has 2 atom stereocenters. The minimum Gasteiger partial charge on any atom is -0.342 e. The fourth-order valence-corrected chi connectivity index (χ4v) is 2.08. The highest BCUT2D eigenvalue weighted by atomic mass is 32.1. The van der Waals surface area contributed by atoms with Gasteiger partial charge < -0.3 is 4.90 Å². The number of hydrogen-bond donors (Lipinski definition) is 1. The van der Waals surface area contributed by atoms with Gasteiger partial charge in [0.2, 0.25) is 5.91 Å². The number of hydrogen-bond acceptors (Lipinski definition) is 2. The van der Waals surface area contributed by atoms with Crippen molar-refractivity contribution in [1.82, 2.24) is 4.90 Å². The molecule has 0 saturated carbocycles. The molecule has 1 heterocycles. The number of likely N-dealkylation sites (tertiary alicyclic amines) is 1. The second kappa shape index (κ2) is 4.77. The molecule has 2 nitrogen and oxygen atoms in total. The Hall–Kier alpha value is -0.180. The summed E-state index contributed by atoms with van der Waals surface area (Å²) in [5.41, 5.74) is 0.245. The number of carbonyl (C=O) groups is 1. The molecular formula is C12H23NOS. The molecule has 0 N–H and O–H groups in total. The van der Waals surface area contributed by atoms with Gasteiger partial charge in [-0.15, -0.1) is 0 Å². The van der Waals surface area contributed by atoms with Gasteiger partial charge in [-0.1, -0.05) is 27.7 Å². The lowest BCUT2D eigenvalue weighted by Crippen LogP contribution is -2.32. The molecule has 1 aliphatic rings. The number of rotatable bonds is 3. The SMILES string of the molecule is CC(CS)CN1CC(C(C)(C)C)CC1=O. The van der Waals surface area contributed by atoms with Crippen molar-refractivity contribution >= 4 is 18.5 Å². The van der Waals surface area contributed by atoms with Crippen LogP contribution in [0.3, 0.4) is 0 Å². The van der Waals surface area contributed by atoms with Crippen LogP contribution in [0.5, 0.6) is 0 Å². The Labute approximate surface area is 98.8 Å². The molecule has 0 aromatic rings.